The van der Waals surface area contributed by atoms with Gasteiger partial charge in [-0.2, -0.15) is 5.10 Å². The maximum absolute atomic E-state index is 12.3. The molecule has 2 heterocycles. The molecule has 0 bridgehead atoms. The summed E-state index contributed by atoms with van der Waals surface area (Å²) in [5, 5.41) is 21.5. The van der Waals surface area contributed by atoms with E-state index in [4.69, 9.17) is 14.2 Å². The predicted molar refractivity (Wildman–Crippen MR) is 128 cm³/mol. The summed E-state index contributed by atoms with van der Waals surface area (Å²) >= 11 is 1.55. The minimum atomic E-state index is -1.05. The zero-order chi connectivity index (χ0) is 24.7. The highest BCUT2D eigenvalue weighted by molar-refractivity contribution is 7.11. The monoisotopic (exact) mass is 488 g/mol. The van der Waals surface area contributed by atoms with Crippen LogP contribution in [0.5, 0.6) is 11.5 Å². The molecule has 3 rings (SSSR count). The highest BCUT2D eigenvalue weighted by Crippen LogP contribution is 2.34. The van der Waals surface area contributed by atoms with E-state index in [1.165, 1.54) is 7.11 Å². The summed E-state index contributed by atoms with van der Waals surface area (Å²) in [5.74, 6) is 0.241. The van der Waals surface area contributed by atoms with Gasteiger partial charge in [0.15, 0.2) is 17.7 Å². The molecule has 1 aromatic carbocycles. The number of rotatable bonds is 10. The van der Waals surface area contributed by atoms with E-state index in [9.17, 15) is 14.7 Å². The molecule has 0 saturated carbocycles. The average molecular weight is 489 g/mol. The summed E-state index contributed by atoms with van der Waals surface area (Å²) in [4.78, 5) is 25.4. The van der Waals surface area contributed by atoms with Gasteiger partial charge >= 0.3 is 12.0 Å². The predicted octanol–water partition coefficient (Wildman–Crippen LogP) is 2.58. The lowest BCUT2D eigenvalue weighted by Crippen LogP contribution is -2.45. The van der Waals surface area contributed by atoms with Gasteiger partial charge < -0.3 is 30.0 Å². The first-order chi connectivity index (χ1) is 16.3. The van der Waals surface area contributed by atoms with E-state index in [-0.39, 0.29) is 12.2 Å². The standard InChI is InChI=1S/C23H28N4O6S/c1-5-32-17-10-15(21-20(22(29)31-4)14(3)25-23(30)26-21)6-7-16(17)33-12-19(28)27-24-11-18-13(2)8-9-34-18/h6-11,19,21,27-28H,5,12H2,1-4H3,(H2,25,26,30)/b24-11-/t19-,21+/m0/s1. The molecule has 0 saturated heterocycles. The topological polar surface area (TPSA) is 131 Å². The number of allylic oxidation sites excluding steroid dienone is 1. The number of urea groups is 1. The van der Waals surface area contributed by atoms with Crippen molar-refractivity contribution in [3.63, 3.8) is 0 Å². The van der Waals surface area contributed by atoms with Gasteiger partial charge in [0, 0.05) is 10.6 Å². The van der Waals surface area contributed by atoms with Crippen molar-refractivity contribution < 1.29 is 28.9 Å². The van der Waals surface area contributed by atoms with Crippen LogP contribution >= 0.6 is 11.3 Å². The highest BCUT2D eigenvalue weighted by atomic mass is 32.1. The Bertz CT molecular complexity index is 1100. The van der Waals surface area contributed by atoms with Crippen LogP contribution in [0.1, 0.15) is 35.9 Å². The first-order valence-electron chi connectivity index (χ1n) is 10.6. The van der Waals surface area contributed by atoms with Crippen molar-refractivity contribution in [2.24, 2.45) is 5.10 Å². The number of nitrogens with zero attached hydrogens (tertiary/aromatic N) is 1. The van der Waals surface area contributed by atoms with Crippen molar-refractivity contribution in [1.29, 1.82) is 0 Å². The number of benzene rings is 1. The molecular formula is C23H28N4O6S. The Hall–Kier alpha value is -3.57. The summed E-state index contributed by atoms with van der Waals surface area (Å²) in [6.07, 6.45) is 0.594. The molecule has 0 fully saturated rings. The third-order valence-electron chi connectivity index (χ3n) is 4.98. The van der Waals surface area contributed by atoms with Gasteiger partial charge in [0.25, 0.3) is 0 Å². The summed E-state index contributed by atoms with van der Waals surface area (Å²) in [6.45, 7) is 5.72. The lowest BCUT2D eigenvalue weighted by Gasteiger charge is -2.28. The van der Waals surface area contributed by atoms with Crippen molar-refractivity contribution >= 4 is 29.6 Å². The Morgan fingerprint density at radius 3 is 2.76 bits per heavy atom. The second-order valence-electron chi connectivity index (χ2n) is 7.38. The molecule has 0 unspecified atom stereocenters. The van der Waals surface area contributed by atoms with Crippen molar-refractivity contribution in [3.8, 4) is 11.5 Å². The van der Waals surface area contributed by atoms with E-state index in [0.717, 1.165) is 10.4 Å². The number of carbonyl (C=O) groups is 2. The van der Waals surface area contributed by atoms with Gasteiger partial charge in [-0.1, -0.05) is 6.07 Å². The summed E-state index contributed by atoms with van der Waals surface area (Å²) in [5.41, 5.74) is 5.03. The van der Waals surface area contributed by atoms with E-state index >= 15 is 0 Å². The first kappa shape index (κ1) is 25.1. The van der Waals surface area contributed by atoms with Crippen LogP contribution in [0.4, 0.5) is 4.79 Å². The third-order valence-corrected chi connectivity index (χ3v) is 5.93. The van der Waals surface area contributed by atoms with Crippen LogP contribution in [0.2, 0.25) is 0 Å². The number of ether oxygens (including phenoxy) is 3. The molecule has 1 aromatic heterocycles. The van der Waals surface area contributed by atoms with Crippen molar-refractivity contribution in [1.82, 2.24) is 16.1 Å². The molecule has 2 atom stereocenters. The Labute approximate surface area is 201 Å². The molecule has 182 valence electrons. The molecule has 1 aliphatic heterocycles. The van der Waals surface area contributed by atoms with Gasteiger partial charge in [-0.15, -0.1) is 11.3 Å². The second-order valence-corrected chi connectivity index (χ2v) is 8.33. The molecule has 0 aliphatic carbocycles. The second kappa shape index (κ2) is 11.5. The Kier molecular flexibility index (Phi) is 8.50. The normalized spacial score (nSPS) is 16.6. The van der Waals surface area contributed by atoms with Crippen LogP contribution in [0.3, 0.4) is 0 Å². The van der Waals surface area contributed by atoms with E-state index in [0.29, 0.717) is 29.4 Å². The first-order valence-corrected chi connectivity index (χ1v) is 11.5. The number of esters is 1. The van der Waals surface area contributed by atoms with Gasteiger partial charge in [-0.3, -0.25) is 5.43 Å². The van der Waals surface area contributed by atoms with Crippen molar-refractivity contribution in [3.05, 3.63) is 56.9 Å². The Morgan fingerprint density at radius 2 is 2.09 bits per heavy atom. The van der Waals surface area contributed by atoms with Crippen molar-refractivity contribution in [2.45, 2.75) is 33.0 Å². The molecular weight excluding hydrogens is 460 g/mol. The van der Waals surface area contributed by atoms with Crippen LogP contribution in [0, 0.1) is 6.92 Å². The number of nitrogens with one attached hydrogen (secondary N) is 3. The number of hydrogen-bond donors (Lipinski definition) is 4. The number of amides is 2. The molecule has 2 aromatic rings. The number of aryl methyl sites for hydroxylation is 1. The molecule has 2 amide bonds. The molecule has 4 N–H and O–H groups in total. The zero-order valence-corrected chi connectivity index (χ0v) is 20.2. The molecule has 34 heavy (non-hydrogen) atoms. The number of hydrogen-bond acceptors (Lipinski definition) is 9. The quantitative estimate of drug-likeness (QED) is 0.175. The third kappa shape index (κ3) is 6.06. The van der Waals surface area contributed by atoms with Gasteiger partial charge in [0.2, 0.25) is 0 Å². The minimum absolute atomic E-state index is 0.0866. The number of aliphatic hydroxyl groups is 1. The van der Waals surface area contributed by atoms with E-state index in [2.05, 4.69) is 21.2 Å². The molecule has 0 radical (unpaired) electrons. The smallest absolute Gasteiger partial charge is 0.337 e. The minimum Gasteiger partial charge on any atom is -0.490 e. The average Bonchev–Trinajstić information content (AvgIpc) is 3.22. The van der Waals surface area contributed by atoms with E-state index < -0.39 is 24.3 Å². The highest BCUT2D eigenvalue weighted by Gasteiger charge is 2.32. The summed E-state index contributed by atoms with van der Waals surface area (Å²) in [7, 11) is 1.28. The fourth-order valence-corrected chi connectivity index (χ4v) is 4.11. The van der Waals surface area contributed by atoms with Crippen LogP contribution < -0.4 is 25.5 Å². The SMILES string of the molecule is CCOc1cc([C@H]2NC(=O)NC(C)=C2C(=O)OC)ccc1OC[C@H](O)N/N=C\c1sccc1C. The zero-order valence-electron chi connectivity index (χ0n) is 19.4. The van der Waals surface area contributed by atoms with Gasteiger partial charge in [0.05, 0.1) is 31.5 Å². The largest absolute Gasteiger partial charge is 0.490 e. The number of hydrazone groups is 1. The number of thiophene rings is 1. The fourth-order valence-electron chi connectivity index (χ4n) is 3.32. The maximum atomic E-state index is 12.3. The van der Waals surface area contributed by atoms with E-state index in [1.54, 1.807) is 42.7 Å². The molecule has 0 spiro atoms. The van der Waals surface area contributed by atoms with Crippen LogP contribution in [-0.2, 0) is 9.53 Å². The van der Waals surface area contributed by atoms with Crippen LogP contribution in [0.25, 0.3) is 0 Å². The number of aliphatic hydroxyl groups excluding tert-OH is 1. The Balaban J connectivity index is 1.73. The number of methoxy groups -OCH3 is 1. The summed E-state index contributed by atoms with van der Waals surface area (Å²) < 4.78 is 16.3. The van der Waals surface area contributed by atoms with E-state index in [1.807, 2.05) is 25.3 Å². The molecule has 10 nitrogen and oxygen atoms in total. The van der Waals surface area contributed by atoms with Crippen LogP contribution in [0.15, 0.2) is 46.0 Å². The van der Waals surface area contributed by atoms with Crippen LogP contribution in [-0.4, -0.2) is 49.9 Å². The van der Waals surface area contributed by atoms with Gasteiger partial charge in [-0.25, -0.2) is 9.59 Å². The maximum Gasteiger partial charge on any atom is 0.337 e. The Morgan fingerprint density at radius 1 is 1.29 bits per heavy atom. The summed E-state index contributed by atoms with van der Waals surface area (Å²) in [6, 6.07) is 5.89. The van der Waals surface area contributed by atoms with Crippen molar-refractivity contribution in [2.75, 3.05) is 20.3 Å². The van der Waals surface area contributed by atoms with Gasteiger partial charge in [-0.05, 0) is 55.5 Å². The lowest BCUT2D eigenvalue weighted by atomic mass is 9.95. The lowest BCUT2D eigenvalue weighted by molar-refractivity contribution is -0.136. The fraction of sp³-hybridized carbons (Fsp3) is 0.348. The molecule has 1 aliphatic rings. The number of carbonyl (C=O) groups excluding carboxylic acids is 2. The van der Waals surface area contributed by atoms with Gasteiger partial charge in [0.1, 0.15) is 6.61 Å². The molecule has 11 heteroatoms.